The number of thiazole rings is 1. The van der Waals surface area contributed by atoms with Crippen LogP contribution in [0.1, 0.15) is 9.67 Å². The van der Waals surface area contributed by atoms with Gasteiger partial charge in [0.2, 0.25) is 0 Å². The number of halogens is 4. The lowest BCUT2D eigenvalue weighted by atomic mass is 10.3. The van der Waals surface area contributed by atoms with Crippen molar-refractivity contribution in [1.82, 2.24) is 4.98 Å². The second kappa shape index (κ2) is 5.90. The van der Waals surface area contributed by atoms with Crippen LogP contribution >= 0.6 is 27.3 Å². The van der Waals surface area contributed by atoms with Gasteiger partial charge in [0.05, 0.1) is 10.7 Å². The summed E-state index contributed by atoms with van der Waals surface area (Å²) in [5, 5.41) is 11.9. The van der Waals surface area contributed by atoms with Crippen LogP contribution in [-0.4, -0.2) is 22.4 Å². The van der Waals surface area contributed by atoms with E-state index in [4.69, 9.17) is 5.11 Å². The van der Waals surface area contributed by atoms with Gasteiger partial charge in [0.15, 0.2) is 5.13 Å². The number of carbonyl (C=O) groups is 1. The molecule has 1 aromatic heterocycles. The maximum Gasteiger partial charge on any atom is 0.573 e. The van der Waals surface area contributed by atoms with Crippen molar-refractivity contribution in [2.45, 2.75) is 6.36 Å². The van der Waals surface area contributed by atoms with Gasteiger partial charge in [0.1, 0.15) is 10.6 Å². The van der Waals surface area contributed by atoms with Crippen LogP contribution in [0.2, 0.25) is 0 Å². The number of nitrogens with zero attached hydrogens (tertiary/aromatic N) is 1. The number of hydrogen-bond donors (Lipinski definition) is 2. The van der Waals surface area contributed by atoms with Crippen molar-refractivity contribution in [1.29, 1.82) is 0 Å². The van der Waals surface area contributed by atoms with Gasteiger partial charge < -0.3 is 15.2 Å². The summed E-state index contributed by atoms with van der Waals surface area (Å²) in [7, 11) is 0. The Morgan fingerprint density at radius 1 is 1.43 bits per heavy atom. The molecular weight excluding hydrogens is 377 g/mol. The lowest BCUT2D eigenvalue weighted by Crippen LogP contribution is -2.17. The van der Waals surface area contributed by atoms with E-state index in [2.05, 4.69) is 31.0 Å². The lowest BCUT2D eigenvalue weighted by Gasteiger charge is -2.11. The topological polar surface area (TPSA) is 71.5 Å². The van der Waals surface area contributed by atoms with Crippen molar-refractivity contribution in [3.63, 3.8) is 0 Å². The Bertz CT molecular complexity index is 675. The highest BCUT2D eigenvalue weighted by molar-refractivity contribution is 9.10. The van der Waals surface area contributed by atoms with Crippen LogP contribution in [0.25, 0.3) is 0 Å². The largest absolute Gasteiger partial charge is 0.573 e. The molecule has 0 unspecified atom stereocenters. The molecule has 1 heterocycles. The molecule has 0 spiro atoms. The van der Waals surface area contributed by atoms with Gasteiger partial charge in [0.25, 0.3) is 0 Å². The fourth-order valence-corrected chi connectivity index (χ4v) is 2.48. The molecule has 112 valence electrons. The zero-order valence-corrected chi connectivity index (χ0v) is 12.3. The number of alkyl halides is 3. The molecule has 0 radical (unpaired) electrons. The molecule has 1 aromatic carbocycles. The number of benzene rings is 1. The summed E-state index contributed by atoms with van der Waals surface area (Å²) in [4.78, 5) is 14.6. The summed E-state index contributed by atoms with van der Waals surface area (Å²) in [5.41, 5.74) is 0.433. The van der Waals surface area contributed by atoms with Gasteiger partial charge in [0, 0.05) is 5.69 Å². The third-order valence-corrected chi connectivity index (χ3v) is 3.65. The summed E-state index contributed by atoms with van der Waals surface area (Å²) in [6, 6.07) is 3.85. The minimum atomic E-state index is -4.77. The van der Waals surface area contributed by atoms with Gasteiger partial charge >= 0.3 is 12.3 Å². The molecule has 0 bridgehead atoms. The predicted molar refractivity (Wildman–Crippen MR) is 73.2 cm³/mol. The van der Waals surface area contributed by atoms with E-state index in [1.165, 1.54) is 18.3 Å². The molecule has 10 heteroatoms. The fraction of sp³-hybridized carbons (Fsp3) is 0.0909. The van der Waals surface area contributed by atoms with Crippen LogP contribution in [0.15, 0.2) is 28.9 Å². The number of ether oxygens (including phenoxy) is 1. The Hall–Kier alpha value is -1.81. The number of carboxylic acid groups (broad SMARTS) is 1. The monoisotopic (exact) mass is 382 g/mol. The normalized spacial score (nSPS) is 11.2. The van der Waals surface area contributed by atoms with E-state index in [1.54, 1.807) is 0 Å². The number of nitrogens with one attached hydrogen (secondary N) is 1. The first-order valence-corrected chi connectivity index (χ1v) is 6.87. The minimum Gasteiger partial charge on any atom is -0.477 e. The third-order valence-electron chi connectivity index (χ3n) is 2.13. The Balaban J connectivity index is 2.14. The maximum absolute atomic E-state index is 12.1. The molecule has 5 nitrogen and oxygen atoms in total. The predicted octanol–water partition coefficient (Wildman–Crippen LogP) is 4.25. The average molecular weight is 383 g/mol. The Morgan fingerprint density at radius 3 is 2.67 bits per heavy atom. The van der Waals surface area contributed by atoms with E-state index in [0.717, 1.165) is 17.4 Å². The van der Waals surface area contributed by atoms with Gasteiger partial charge in [-0.2, -0.15) is 0 Å². The number of carboxylic acids is 1. The molecule has 21 heavy (non-hydrogen) atoms. The summed E-state index contributed by atoms with van der Waals surface area (Å²) in [6.07, 6.45) is -3.59. The van der Waals surface area contributed by atoms with Crippen LogP contribution in [0.4, 0.5) is 24.0 Å². The summed E-state index contributed by atoms with van der Waals surface area (Å²) >= 11 is 3.87. The van der Waals surface area contributed by atoms with Crippen molar-refractivity contribution in [3.8, 4) is 5.75 Å². The highest BCUT2D eigenvalue weighted by atomic mass is 79.9. The smallest absolute Gasteiger partial charge is 0.477 e. The molecule has 0 fully saturated rings. The van der Waals surface area contributed by atoms with Gasteiger partial charge in [-0.25, -0.2) is 9.78 Å². The van der Waals surface area contributed by atoms with Crippen LogP contribution in [0.3, 0.4) is 0 Å². The summed E-state index contributed by atoms with van der Waals surface area (Å²) in [6.45, 7) is 0. The average Bonchev–Trinajstić information content (AvgIpc) is 2.80. The second-order valence-corrected chi connectivity index (χ2v) is 5.54. The van der Waals surface area contributed by atoms with Crippen molar-refractivity contribution >= 4 is 44.1 Å². The first kappa shape index (κ1) is 15.6. The summed E-state index contributed by atoms with van der Waals surface area (Å²) in [5.74, 6) is -1.48. The zero-order chi connectivity index (χ0) is 15.6. The number of rotatable bonds is 4. The molecule has 2 rings (SSSR count). The molecular formula is C11H6BrF3N2O3S. The van der Waals surface area contributed by atoms with E-state index < -0.39 is 12.3 Å². The molecule has 0 saturated heterocycles. The fourth-order valence-electron chi connectivity index (χ4n) is 1.34. The maximum atomic E-state index is 12.1. The Labute approximate surface area is 128 Å². The van der Waals surface area contributed by atoms with Gasteiger partial charge in [-0.3, -0.25) is 0 Å². The SMILES string of the molecule is O=C(O)c1cnc(Nc2ccc(OC(F)(F)F)c(Br)c2)s1. The van der Waals surface area contributed by atoms with Gasteiger partial charge in [-0.15, -0.1) is 13.2 Å². The lowest BCUT2D eigenvalue weighted by molar-refractivity contribution is -0.274. The van der Waals surface area contributed by atoms with Gasteiger partial charge in [-0.1, -0.05) is 11.3 Å². The highest BCUT2D eigenvalue weighted by Crippen LogP contribution is 2.33. The number of aromatic carboxylic acids is 1. The third kappa shape index (κ3) is 4.33. The van der Waals surface area contributed by atoms with Crippen LogP contribution in [0.5, 0.6) is 5.75 Å². The van der Waals surface area contributed by atoms with Crippen LogP contribution in [0, 0.1) is 0 Å². The molecule has 0 saturated carbocycles. The van der Waals surface area contributed by atoms with E-state index >= 15 is 0 Å². The molecule has 0 atom stereocenters. The van der Waals surface area contributed by atoms with Gasteiger partial charge in [-0.05, 0) is 34.1 Å². The van der Waals surface area contributed by atoms with Crippen molar-refractivity contribution < 1.29 is 27.8 Å². The molecule has 0 amide bonds. The molecule has 0 aliphatic carbocycles. The van der Waals surface area contributed by atoms with E-state index in [1.807, 2.05) is 0 Å². The van der Waals surface area contributed by atoms with E-state index in [9.17, 15) is 18.0 Å². The second-order valence-electron chi connectivity index (χ2n) is 3.65. The van der Waals surface area contributed by atoms with Crippen molar-refractivity contribution in [2.24, 2.45) is 0 Å². The summed E-state index contributed by atoms with van der Waals surface area (Å²) < 4.78 is 40.3. The highest BCUT2D eigenvalue weighted by Gasteiger charge is 2.31. The molecule has 2 N–H and O–H groups in total. The van der Waals surface area contributed by atoms with E-state index in [-0.39, 0.29) is 15.1 Å². The van der Waals surface area contributed by atoms with E-state index in [0.29, 0.717) is 10.8 Å². The molecule has 0 aliphatic rings. The van der Waals surface area contributed by atoms with Crippen LogP contribution < -0.4 is 10.1 Å². The Morgan fingerprint density at radius 2 is 2.14 bits per heavy atom. The zero-order valence-electron chi connectivity index (χ0n) is 9.94. The first-order valence-electron chi connectivity index (χ1n) is 5.26. The number of hydrogen-bond acceptors (Lipinski definition) is 5. The molecule has 0 aliphatic heterocycles. The van der Waals surface area contributed by atoms with Crippen molar-refractivity contribution in [3.05, 3.63) is 33.7 Å². The molecule has 2 aromatic rings. The Kier molecular flexibility index (Phi) is 4.37. The van der Waals surface area contributed by atoms with Crippen molar-refractivity contribution in [2.75, 3.05) is 5.32 Å². The van der Waals surface area contributed by atoms with Crippen LogP contribution in [-0.2, 0) is 0 Å². The first-order chi connectivity index (χ1) is 9.74. The number of anilines is 2. The minimum absolute atomic E-state index is 0.0496. The number of aromatic nitrogens is 1. The standard InChI is InChI=1S/C11H6BrF3N2O3S/c12-6-3-5(1-2-7(6)20-11(13,14)15)17-10-16-4-8(21-10)9(18)19/h1-4H,(H,16,17)(H,18,19). The quantitative estimate of drug-likeness (QED) is 0.826.